The molecule has 2 aliphatic carbocycles. The molecule has 0 saturated heterocycles. The Morgan fingerprint density at radius 3 is 2.26 bits per heavy atom. The summed E-state index contributed by atoms with van der Waals surface area (Å²) >= 11 is 0. The fourth-order valence-electron chi connectivity index (χ4n) is 4.67. The molecule has 0 aliphatic heterocycles. The molecule has 0 heterocycles. The van der Waals surface area contributed by atoms with Gasteiger partial charge >= 0.3 is 0 Å². The van der Waals surface area contributed by atoms with E-state index in [9.17, 15) is 17.6 Å². The Balaban J connectivity index is 1.83. The molecule has 134 valence electrons. The highest BCUT2D eigenvalue weighted by Crippen LogP contribution is 2.50. The molecule has 0 amide bonds. The van der Waals surface area contributed by atoms with Gasteiger partial charge in [-0.25, -0.2) is 8.78 Å². The van der Waals surface area contributed by atoms with Gasteiger partial charge in [-0.2, -0.15) is 8.78 Å². The van der Waals surface area contributed by atoms with E-state index in [-0.39, 0.29) is 24.2 Å². The third-order valence-electron chi connectivity index (χ3n) is 5.95. The summed E-state index contributed by atoms with van der Waals surface area (Å²) in [5.41, 5.74) is 0. The molecule has 0 spiro atoms. The summed E-state index contributed by atoms with van der Waals surface area (Å²) in [6.07, 6.45) is 7.84. The molecule has 0 N–H and O–H groups in total. The first-order valence-corrected chi connectivity index (χ1v) is 9.33. The van der Waals surface area contributed by atoms with Crippen molar-refractivity contribution >= 4 is 0 Å². The van der Waals surface area contributed by atoms with Crippen LogP contribution in [-0.2, 0) is 0 Å². The molecule has 0 aromatic rings. The Morgan fingerprint density at radius 1 is 1.00 bits per heavy atom. The highest BCUT2D eigenvalue weighted by molar-refractivity contribution is 4.95. The van der Waals surface area contributed by atoms with Crippen LogP contribution in [-0.4, -0.2) is 5.92 Å². The van der Waals surface area contributed by atoms with E-state index in [2.05, 4.69) is 6.92 Å². The Labute approximate surface area is 137 Å². The normalized spacial score (nSPS) is 34.1. The smallest absolute Gasteiger partial charge is 0.207 e. The second kappa shape index (κ2) is 8.53. The number of rotatable bonds is 6. The van der Waals surface area contributed by atoms with Gasteiger partial charge in [0.15, 0.2) is 0 Å². The highest BCUT2D eigenvalue weighted by Gasteiger charge is 2.48. The molecule has 2 aliphatic rings. The molecule has 0 aromatic heterocycles. The minimum absolute atomic E-state index is 0.0221. The Hall–Kier alpha value is -0.540. The lowest BCUT2D eigenvalue weighted by atomic mass is 9.67. The number of unbranched alkanes of at least 4 members (excludes halogenated alkanes) is 2. The SMILES string of the molecule is CCCCCC1CCC(C2CCC(C=C(F)F)CC2)C(F)(F)C1. The lowest BCUT2D eigenvalue weighted by Gasteiger charge is -2.42. The average molecular weight is 334 g/mol. The van der Waals surface area contributed by atoms with Gasteiger partial charge in [0.25, 0.3) is 12.0 Å². The van der Waals surface area contributed by atoms with Crippen molar-refractivity contribution in [2.45, 2.75) is 83.5 Å². The van der Waals surface area contributed by atoms with Crippen LogP contribution in [0.1, 0.15) is 77.6 Å². The van der Waals surface area contributed by atoms with Crippen LogP contribution in [0.15, 0.2) is 12.2 Å². The van der Waals surface area contributed by atoms with Gasteiger partial charge in [0.05, 0.1) is 0 Å². The quantitative estimate of drug-likeness (QED) is 0.356. The van der Waals surface area contributed by atoms with Crippen molar-refractivity contribution in [2.75, 3.05) is 0 Å². The maximum absolute atomic E-state index is 14.6. The molecular formula is C19H30F4. The van der Waals surface area contributed by atoms with E-state index < -0.39 is 17.9 Å². The molecule has 0 bridgehead atoms. The van der Waals surface area contributed by atoms with E-state index >= 15 is 0 Å². The molecule has 2 unspecified atom stereocenters. The largest absolute Gasteiger partial charge is 0.266 e. The fraction of sp³-hybridized carbons (Fsp3) is 0.895. The molecule has 23 heavy (non-hydrogen) atoms. The first-order chi connectivity index (χ1) is 10.9. The van der Waals surface area contributed by atoms with Crippen LogP contribution in [0.2, 0.25) is 0 Å². The molecule has 0 nitrogen and oxygen atoms in total. The number of hydrogen-bond donors (Lipinski definition) is 0. The van der Waals surface area contributed by atoms with Crippen molar-refractivity contribution in [3.05, 3.63) is 12.2 Å². The number of hydrogen-bond acceptors (Lipinski definition) is 0. The first kappa shape index (κ1) is 18.8. The Bertz CT molecular complexity index is 379. The third-order valence-corrected chi connectivity index (χ3v) is 5.95. The second-order valence-corrected chi connectivity index (χ2v) is 7.64. The Morgan fingerprint density at radius 2 is 1.70 bits per heavy atom. The van der Waals surface area contributed by atoms with Gasteiger partial charge < -0.3 is 0 Å². The van der Waals surface area contributed by atoms with E-state index in [0.29, 0.717) is 32.1 Å². The van der Waals surface area contributed by atoms with E-state index in [1.165, 1.54) is 0 Å². The van der Waals surface area contributed by atoms with Gasteiger partial charge in [-0.05, 0) is 62.4 Å². The zero-order valence-corrected chi connectivity index (χ0v) is 14.2. The minimum Gasteiger partial charge on any atom is -0.207 e. The number of halogens is 4. The summed E-state index contributed by atoms with van der Waals surface area (Å²) in [5, 5.41) is 0. The topological polar surface area (TPSA) is 0 Å². The summed E-state index contributed by atoms with van der Waals surface area (Å²) in [7, 11) is 0. The van der Waals surface area contributed by atoms with Gasteiger partial charge in [0.2, 0.25) is 0 Å². The summed E-state index contributed by atoms with van der Waals surface area (Å²) in [6, 6.07) is 0. The molecular weight excluding hydrogens is 304 g/mol. The first-order valence-electron chi connectivity index (χ1n) is 9.33. The standard InChI is InChI=1S/C19H30F4/c1-2-3-4-5-15-8-11-17(19(22,23)13-15)16-9-6-14(7-10-16)12-18(20)21/h12,14-17H,2-11,13H2,1H3. The summed E-state index contributed by atoms with van der Waals surface area (Å²) in [4.78, 5) is 0. The van der Waals surface area contributed by atoms with Crippen LogP contribution in [0, 0.1) is 23.7 Å². The Kier molecular flexibility index (Phi) is 6.97. The summed E-state index contributed by atoms with van der Waals surface area (Å²) in [6.45, 7) is 2.13. The molecule has 2 rings (SSSR count). The zero-order chi connectivity index (χ0) is 16.9. The van der Waals surface area contributed by atoms with Gasteiger partial charge in [-0.1, -0.05) is 32.6 Å². The predicted molar refractivity (Wildman–Crippen MR) is 85.7 cm³/mol. The summed E-state index contributed by atoms with van der Waals surface area (Å²) < 4.78 is 53.8. The van der Waals surface area contributed by atoms with Crippen molar-refractivity contribution in [3.8, 4) is 0 Å². The van der Waals surface area contributed by atoms with E-state index in [0.717, 1.165) is 38.2 Å². The fourth-order valence-corrected chi connectivity index (χ4v) is 4.67. The van der Waals surface area contributed by atoms with Crippen LogP contribution in [0.25, 0.3) is 0 Å². The van der Waals surface area contributed by atoms with Crippen molar-refractivity contribution in [1.82, 2.24) is 0 Å². The van der Waals surface area contributed by atoms with Crippen LogP contribution in [0.5, 0.6) is 0 Å². The molecule has 2 atom stereocenters. The monoisotopic (exact) mass is 334 g/mol. The predicted octanol–water partition coefficient (Wildman–Crippen LogP) is 7.21. The van der Waals surface area contributed by atoms with Crippen LogP contribution in [0.3, 0.4) is 0 Å². The maximum atomic E-state index is 14.6. The average Bonchev–Trinajstić information content (AvgIpc) is 2.47. The van der Waals surface area contributed by atoms with E-state index in [1.54, 1.807) is 0 Å². The molecule has 0 radical (unpaired) electrons. The van der Waals surface area contributed by atoms with Crippen molar-refractivity contribution in [1.29, 1.82) is 0 Å². The number of alkyl halides is 2. The zero-order valence-electron chi connectivity index (χ0n) is 14.2. The minimum atomic E-state index is -2.56. The lowest BCUT2D eigenvalue weighted by Crippen LogP contribution is -2.41. The third kappa shape index (κ3) is 5.49. The van der Waals surface area contributed by atoms with Gasteiger partial charge in [0.1, 0.15) is 0 Å². The number of allylic oxidation sites excluding steroid dienone is 1. The van der Waals surface area contributed by atoms with Crippen molar-refractivity contribution in [3.63, 3.8) is 0 Å². The van der Waals surface area contributed by atoms with Gasteiger partial charge in [-0.15, -0.1) is 0 Å². The highest BCUT2D eigenvalue weighted by atomic mass is 19.3. The lowest BCUT2D eigenvalue weighted by molar-refractivity contribution is -0.128. The molecule has 4 heteroatoms. The van der Waals surface area contributed by atoms with E-state index in [1.807, 2.05) is 0 Å². The van der Waals surface area contributed by atoms with Gasteiger partial charge in [-0.3, -0.25) is 0 Å². The van der Waals surface area contributed by atoms with Crippen molar-refractivity contribution in [2.24, 2.45) is 23.7 Å². The summed E-state index contributed by atoms with van der Waals surface area (Å²) in [5.74, 6) is -3.00. The van der Waals surface area contributed by atoms with E-state index in [4.69, 9.17) is 0 Å². The molecule has 0 aromatic carbocycles. The van der Waals surface area contributed by atoms with Crippen LogP contribution >= 0.6 is 0 Å². The second-order valence-electron chi connectivity index (χ2n) is 7.64. The molecule has 2 saturated carbocycles. The van der Waals surface area contributed by atoms with Gasteiger partial charge in [0, 0.05) is 12.3 Å². The van der Waals surface area contributed by atoms with Crippen LogP contribution < -0.4 is 0 Å². The van der Waals surface area contributed by atoms with Crippen LogP contribution in [0.4, 0.5) is 17.6 Å². The van der Waals surface area contributed by atoms with Crippen molar-refractivity contribution < 1.29 is 17.6 Å². The molecule has 2 fully saturated rings. The maximum Gasteiger partial charge on any atom is 0.266 e.